The lowest BCUT2D eigenvalue weighted by atomic mass is 9.83. The molecule has 1 saturated carbocycles. The third-order valence-electron chi connectivity index (χ3n) is 7.95. The molecule has 41 heavy (non-hydrogen) atoms. The van der Waals surface area contributed by atoms with Crippen LogP contribution in [0.4, 0.5) is 9.59 Å². The lowest BCUT2D eigenvalue weighted by Gasteiger charge is -2.36. The van der Waals surface area contributed by atoms with Gasteiger partial charge in [-0.05, 0) is 71.3 Å². The minimum atomic E-state index is -0.802. The Kier molecular flexibility index (Phi) is 11.8. The molecule has 2 aliphatic rings. The summed E-state index contributed by atoms with van der Waals surface area (Å²) in [6.07, 6.45) is 6.17. The van der Waals surface area contributed by atoms with Crippen LogP contribution in [-0.2, 0) is 25.7 Å². The summed E-state index contributed by atoms with van der Waals surface area (Å²) in [5, 5.41) is 5.82. The first-order valence-corrected chi connectivity index (χ1v) is 15.0. The maximum absolute atomic E-state index is 14.0. The van der Waals surface area contributed by atoms with E-state index in [-0.39, 0.29) is 30.4 Å². The first kappa shape index (κ1) is 32.2. The van der Waals surface area contributed by atoms with Crippen molar-refractivity contribution in [3.63, 3.8) is 0 Å². The quantitative estimate of drug-likeness (QED) is 0.423. The van der Waals surface area contributed by atoms with Crippen LogP contribution in [0.25, 0.3) is 0 Å². The fourth-order valence-corrected chi connectivity index (χ4v) is 5.51. The van der Waals surface area contributed by atoms with E-state index in [9.17, 15) is 19.2 Å². The molecular weight excluding hydrogens is 524 g/mol. The third kappa shape index (κ3) is 9.93. The van der Waals surface area contributed by atoms with Gasteiger partial charge in [0, 0.05) is 26.2 Å². The van der Waals surface area contributed by atoms with Crippen molar-refractivity contribution in [3.05, 3.63) is 35.9 Å². The number of nitrogens with one attached hydrogen (secondary N) is 2. The zero-order valence-corrected chi connectivity index (χ0v) is 25.3. The molecule has 1 aliphatic carbocycles. The zero-order valence-electron chi connectivity index (χ0n) is 25.3. The van der Waals surface area contributed by atoms with Gasteiger partial charge in [0.1, 0.15) is 24.3 Å². The summed E-state index contributed by atoms with van der Waals surface area (Å²) in [6, 6.07) is 8.01. The van der Waals surface area contributed by atoms with E-state index in [1.165, 1.54) is 11.9 Å². The van der Waals surface area contributed by atoms with E-state index in [0.717, 1.165) is 50.5 Å². The van der Waals surface area contributed by atoms with Crippen molar-refractivity contribution in [1.82, 2.24) is 20.4 Å². The van der Waals surface area contributed by atoms with Crippen molar-refractivity contribution >= 4 is 24.0 Å². The van der Waals surface area contributed by atoms with E-state index >= 15 is 0 Å². The van der Waals surface area contributed by atoms with Gasteiger partial charge in [0.25, 0.3) is 0 Å². The summed E-state index contributed by atoms with van der Waals surface area (Å²) < 4.78 is 10.7. The molecule has 1 aromatic carbocycles. The molecule has 3 atom stereocenters. The van der Waals surface area contributed by atoms with Crippen LogP contribution >= 0.6 is 0 Å². The predicted molar refractivity (Wildman–Crippen MR) is 156 cm³/mol. The summed E-state index contributed by atoms with van der Waals surface area (Å²) in [4.78, 5) is 55.2. The summed E-state index contributed by atoms with van der Waals surface area (Å²) in [5.41, 5.74) is 0.234. The number of carbonyl (C=O) groups excluding carboxylic acids is 4. The fraction of sp³-hybridized carbons (Fsp3) is 0.677. The van der Waals surface area contributed by atoms with Crippen molar-refractivity contribution in [3.8, 4) is 0 Å². The fourth-order valence-electron chi connectivity index (χ4n) is 5.51. The van der Waals surface area contributed by atoms with Gasteiger partial charge in [-0.15, -0.1) is 0 Å². The molecule has 10 heteroatoms. The van der Waals surface area contributed by atoms with E-state index in [2.05, 4.69) is 10.6 Å². The molecule has 2 N–H and O–H groups in total. The number of rotatable bonds is 10. The topological polar surface area (TPSA) is 117 Å². The first-order chi connectivity index (χ1) is 19.5. The Morgan fingerprint density at radius 1 is 1.02 bits per heavy atom. The molecule has 1 aliphatic heterocycles. The summed E-state index contributed by atoms with van der Waals surface area (Å²) in [6.45, 7) is 8.17. The molecule has 3 rings (SSSR count). The van der Waals surface area contributed by atoms with Crippen LogP contribution in [-0.4, -0.2) is 77.7 Å². The van der Waals surface area contributed by atoms with E-state index < -0.39 is 29.9 Å². The Bertz CT molecular complexity index is 1020. The molecule has 228 valence electrons. The highest BCUT2D eigenvalue weighted by Crippen LogP contribution is 2.30. The maximum atomic E-state index is 14.0. The van der Waals surface area contributed by atoms with Gasteiger partial charge in [-0.1, -0.05) is 49.6 Å². The van der Waals surface area contributed by atoms with Crippen molar-refractivity contribution in [2.24, 2.45) is 5.92 Å². The van der Waals surface area contributed by atoms with Crippen LogP contribution < -0.4 is 10.6 Å². The highest BCUT2D eigenvalue weighted by atomic mass is 16.6. The predicted octanol–water partition coefficient (Wildman–Crippen LogP) is 4.61. The highest BCUT2D eigenvalue weighted by Gasteiger charge is 2.39. The van der Waals surface area contributed by atoms with Gasteiger partial charge >= 0.3 is 12.2 Å². The smallest absolute Gasteiger partial charge is 0.410 e. The largest absolute Gasteiger partial charge is 0.445 e. The second-order valence-electron chi connectivity index (χ2n) is 12.3. The van der Waals surface area contributed by atoms with Gasteiger partial charge in [-0.3, -0.25) is 14.5 Å². The number of carbonyl (C=O) groups is 4. The minimum absolute atomic E-state index is 0.0261. The van der Waals surface area contributed by atoms with E-state index in [4.69, 9.17) is 9.47 Å². The Morgan fingerprint density at radius 3 is 2.37 bits per heavy atom. The van der Waals surface area contributed by atoms with Crippen molar-refractivity contribution < 1.29 is 28.7 Å². The molecule has 1 heterocycles. The maximum Gasteiger partial charge on any atom is 0.410 e. The molecule has 1 saturated heterocycles. The van der Waals surface area contributed by atoms with Gasteiger partial charge in [0.05, 0.1) is 0 Å². The highest BCUT2D eigenvalue weighted by molar-refractivity contribution is 5.91. The van der Waals surface area contributed by atoms with E-state index in [1.54, 1.807) is 27.7 Å². The van der Waals surface area contributed by atoms with Crippen molar-refractivity contribution in [2.45, 2.75) is 109 Å². The number of ether oxygens (including phenoxy) is 2. The Hall–Kier alpha value is -3.30. The van der Waals surface area contributed by atoms with E-state index in [1.807, 2.05) is 35.2 Å². The van der Waals surface area contributed by atoms with Crippen LogP contribution in [0, 0.1) is 5.92 Å². The third-order valence-corrected chi connectivity index (χ3v) is 7.95. The Labute approximate surface area is 244 Å². The van der Waals surface area contributed by atoms with E-state index in [0.29, 0.717) is 19.5 Å². The molecule has 0 spiro atoms. The number of alkyl carbamates (subject to hydrolysis) is 1. The molecule has 0 aromatic heterocycles. The van der Waals surface area contributed by atoms with Crippen molar-refractivity contribution in [1.29, 1.82) is 0 Å². The number of likely N-dealkylation sites (N-methyl/N-ethyl adjacent to an activating group) is 1. The van der Waals surface area contributed by atoms with Gasteiger partial charge in [0.2, 0.25) is 11.8 Å². The number of hydrogen-bond donors (Lipinski definition) is 2. The number of amides is 4. The van der Waals surface area contributed by atoms with Crippen LogP contribution in [0.5, 0.6) is 0 Å². The molecule has 3 unspecified atom stereocenters. The zero-order chi connectivity index (χ0) is 30.0. The number of benzene rings is 1. The molecule has 10 nitrogen and oxygen atoms in total. The standard InChI is InChI=1S/C31H48N4O6/c1-22(34(5)30(39)41-31(2,3)4)27(36)33-26(24-15-10-7-11-16-24)28(37)35-20-12-17-25(35)18-19-32-29(38)40-21-23-13-8-6-9-14-23/h6,8-9,13-14,22,24-26H,7,10-12,15-21H2,1-5H3,(H,32,38)(H,33,36). The van der Waals surface area contributed by atoms with Gasteiger partial charge in [-0.25, -0.2) is 9.59 Å². The normalized spacial score (nSPS) is 19.1. The lowest BCUT2D eigenvalue weighted by molar-refractivity contribution is -0.140. The number of nitrogens with zero attached hydrogens (tertiary/aromatic N) is 2. The molecule has 1 aromatic rings. The lowest BCUT2D eigenvalue weighted by Crippen LogP contribution is -2.57. The van der Waals surface area contributed by atoms with Gasteiger partial charge in [-0.2, -0.15) is 0 Å². The minimum Gasteiger partial charge on any atom is -0.445 e. The van der Waals surface area contributed by atoms with Crippen LogP contribution in [0.1, 0.15) is 84.6 Å². The Balaban J connectivity index is 1.58. The molecule has 2 fully saturated rings. The SMILES string of the molecule is CC(C(=O)NC(C(=O)N1CCCC1CCNC(=O)OCc1ccccc1)C1CCCCC1)N(C)C(=O)OC(C)(C)C. The summed E-state index contributed by atoms with van der Waals surface area (Å²) >= 11 is 0. The second-order valence-corrected chi connectivity index (χ2v) is 12.3. The molecule has 0 radical (unpaired) electrons. The average Bonchev–Trinajstić information content (AvgIpc) is 3.42. The first-order valence-electron chi connectivity index (χ1n) is 15.0. The second kappa shape index (κ2) is 15.1. The van der Waals surface area contributed by atoms with Crippen LogP contribution in [0.2, 0.25) is 0 Å². The Morgan fingerprint density at radius 2 is 1.71 bits per heavy atom. The van der Waals surface area contributed by atoms with Gasteiger partial charge in [0.15, 0.2) is 0 Å². The van der Waals surface area contributed by atoms with Crippen LogP contribution in [0.15, 0.2) is 30.3 Å². The summed E-state index contributed by atoms with van der Waals surface area (Å²) in [7, 11) is 1.53. The molecule has 4 amide bonds. The molecule has 0 bridgehead atoms. The number of hydrogen-bond acceptors (Lipinski definition) is 6. The molecular formula is C31H48N4O6. The summed E-state index contributed by atoms with van der Waals surface area (Å²) in [5.74, 6) is -0.404. The monoisotopic (exact) mass is 572 g/mol. The van der Waals surface area contributed by atoms with Crippen LogP contribution in [0.3, 0.4) is 0 Å². The number of likely N-dealkylation sites (tertiary alicyclic amines) is 1. The average molecular weight is 573 g/mol. The van der Waals surface area contributed by atoms with Crippen molar-refractivity contribution in [2.75, 3.05) is 20.1 Å². The van der Waals surface area contributed by atoms with Gasteiger partial charge < -0.3 is 25.0 Å².